The third kappa shape index (κ3) is 5.22. The number of ether oxygens (including phenoxy) is 1. The molecule has 3 amide bonds. The Morgan fingerprint density at radius 3 is 2.70 bits per heavy atom. The lowest BCUT2D eigenvalue weighted by Crippen LogP contribution is -2.54. The summed E-state index contributed by atoms with van der Waals surface area (Å²) in [5.74, 6) is -0.0166. The van der Waals surface area contributed by atoms with Crippen LogP contribution in [0, 0.1) is 5.41 Å². The molecule has 8 heteroatoms. The Bertz CT molecular complexity index is 1040. The minimum Gasteiger partial charge on any atom is -0.489 e. The Balaban J connectivity index is 1.53. The van der Waals surface area contributed by atoms with Crippen LogP contribution in [0.15, 0.2) is 60.8 Å². The van der Waals surface area contributed by atoms with Gasteiger partial charge in [0, 0.05) is 32.4 Å². The molecule has 2 aliphatic rings. The first-order valence-corrected chi connectivity index (χ1v) is 11.2. The highest BCUT2D eigenvalue weighted by molar-refractivity contribution is 5.97. The van der Waals surface area contributed by atoms with Gasteiger partial charge in [0.05, 0.1) is 11.0 Å². The normalized spacial score (nSPS) is 22.8. The van der Waals surface area contributed by atoms with E-state index in [4.69, 9.17) is 4.74 Å². The molecule has 33 heavy (non-hydrogen) atoms. The molecule has 2 aliphatic heterocycles. The fraction of sp³-hybridized carbons (Fsp3) is 0.360. The van der Waals surface area contributed by atoms with Crippen LogP contribution in [0.2, 0.25) is 0 Å². The Morgan fingerprint density at radius 1 is 1.03 bits per heavy atom. The summed E-state index contributed by atoms with van der Waals surface area (Å²) in [5, 5.41) is 5.80. The van der Waals surface area contributed by atoms with Crippen molar-refractivity contribution in [1.82, 2.24) is 20.5 Å². The molecule has 8 nitrogen and oxygen atoms in total. The SMILES string of the molecule is O=C1NCCNC(=O)C2(C/C=C/COc3ccccc31)CCCN(C(=O)c1ccccn1)C2. The molecule has 0 saturated carbocycles. The third-order valence-electron chi connectivity index (χ3n) is 6.07. The summed E-state index contributed by atoms with van der Waals surface area (Å²) in [4.78, 5) is 44.7. The molecule has 1 aromatic heterocycles. The van der Waals surface area contributed by atoms with Gasteiger partial charge in [0.25, 0.3) is 11.8 Å². The standard InChI is InChI=1S/C25H28N4O4/c30-22-19-8-1-2-10-21(19)33-17-6-4-11-25(24(32)28-15-14-27-22)12-7-16-29(18-25)23(31)20-9-3-5-13-26-20/h1-6,8-10,13H,7,11-12,14-18H2,(H,27,30)(H,28,32)/b6-4+. The van der Waals surface area contributed by atoms with Gasteiger partial charge in [-0.15, -0.1) is 0 Å². The van der Waals surface area contributed by atoms with Crippen LogP contribution < -0.4 is 15.4 Å². The number of nitrogens with zero attached hydrogens (tertiary/aromatic N) is 2. The first-order valence-electron chi connectivity index (χ1n) is 11.2. The number of hydrogen-bond acceptors (Lipinski definition) is 5. The molecule has 0 radical (unpaired) electrons. The van der Waals surface area contributed by atoms with Crippen molar-refractivity contribution in [3.8, 4) is 5.75 Å². The molecule has 4 rings (SSSR count). The Hall–Kier alpha value is -3.68. The van der Waals surface area contributed by atoms with E-state index in [9.17, 15) is 14.4 Å². The molecule has 1 saturated heterocycles. The molecule has 2 aromatic rings. The highest BCUT2D eigenvalue weighted by Gasteiger charge is 2.42. The number of rotatable bonds is 1. The number of amides is 3. The molecule has 1 unspecified atom stereocenters. The number of nitrogens with one attached hydrogen (secondary N) is 2. The summed E-state index contributed by atoms with van der Waals surface area (Å²) >= 11 is 0. The van der Waals surface area contributed by atoms with Crippen molar-refractivity contribution in [2.24, 2.45) is 5.41 Å². The van der Waals surface area contributed by atoms with Crippen molar-refractivity contribution in [2.45, 2.75) is 19.3 Å². The van der Waals surface area contributed by atoms with Gasteiger partial charge < -0.3 is 20.3 Å². The van der Waals surface area contributed by atoms with Crippen LogP contribution >= 0.6 is 0 Å². The van der Waals surface area contributed by atoms with Crippen molar-refractivity contribution in [3.05, 3.63) is 72.1 Å². The van der Waals surface area contributed by atoms with Crippen molar-refractivity contribution >= 4 is 17.7 Å². The van der Waals surface area contributed by atoms with E-state index in [0.717, 1.165) is 6.42 Å². The van der Waals surface area contributed by atoms with Gasteiger partial charge in [-0.3, -0.25) is 19.4 Å². The van der Waals surface area contributed by atoms with Crippen LogP contribution in [-0.4, -0.2) is 60.4 Å². The summed E-state index contributed by atoms with van der Waals surface area (Å²) in [6.45, 7) is 1.77. The number of carbonyl (C=O) groups is 3. The quantitative estimate of drug-likeness (QED) is 0.652. The van der Waals surface area contributed by atoms with E-state index in [1.54, 1.807) is 47.5 Å². The number of aromatic nitrogens is 1. The first-order chi connectivity index (χ1) is 16.1. The Kier molecular flexibility index (Phi) is 7.02. The summed E-state index contributed by atoms with van der Waals surface area (Å²) in [6, 6.07) is 12.3. The van der Waals surface area contributed by atoms with Crippen LogP contribution in [0.4, 0.5) is 0 Å². The molecule has 1 spiro atoms. The number of fused-ring (bicyclic) bond motifs is 1. The number of carbonyl (C=O) groups excluding carboxylic acids is 3. The van der Waals surface area contributed by atoms with Gasteiger partial charge in [0.1, 0.15) is 18.1 Å². The predicted octanol–water partition coefficient (Wildman–Crippen LogP) is 2.19. The minimum atomic E-state index is -0.745. The van der Waals surface area contributed by atoms with Gasteiger partial charge in [0.15, 0.2) is 0 Å². The zero-order valence-electron chi connectivity index (χ0n) is 18.5. The van der Waals surface area contributed by atoms with Gasteiger partial charge in [-0.05, 0) is 43.5 Å². The lowest BCUT2D eigenvalue weighted by atomic mass is 9.76. The number of likely N-dealkylation sites (tertiary alicyclic amines) is 1. The molecule has 2 N–H and O–H groups in total. The second-order valence-electron chi connectivity index (χ2n) is 8.32. The van der Waals surface area contributed by atoms with E-state index in [-0.39, 0.29) is 24.3 Å². The lowest BCUT2D eigenvalue weighted by molar-refractivity contribution is -0.133. The van der Waals surface area contributed by atoms with Crippen LogP contribution in [0.25, 0.3) is 0 Å². The van der Waals surface area contributed by atoms with Gasteiger partial charge in [-0.25, -0.2) is 0 Å². The molecule has 1 aromatic carbocycles. The average Bonchev–Trinajstić information content (AvgIpc) is 2.86. The molecular weight excluding hydrogens is 420 g/mol. The number of pyridine rings is 1. The van der Waals surface area contributed by atoms with E-state index in [1.165, 1.54) is 0 Å². The zero-order chi connectivity index (χ0) is 23.1. The molecule has 0 bridgehead atoms. The average molecular weight is 449 g/mol. The number of para-hydroxylation sites is 1. The number of allylic oxidation sites excluding steroid dienone is 1. The van der Waals surface area contributed by atoms with Gasteiger partial charge in [-0.2, -0.15) is 0 Å². The fourth-order valence-corrected chi connectivity index (χ4v) is 4.33. The lowest BCUT2D eigenvalue weighted by Gasteiger charge is -2.41. The van der Waals surface area contributed by atoms with Crippen molar-refractivity contribution < 1.29 is 19.1 Å². The maximum absolute atomic E-state index is 13.3. The largest absolute Gasteiger partial charge is 0.489 e. The van der Waals surface area contributed by atoms with Crippen molar-refractivity contribution in [2.75, 3.05) is 32.8 Å². The monoisotopic (exact) mass is 448 g/mol. The second-order valence-corrected chi connectivity index (χ2v) is 8.32. The fourth-order valence-electron chi connectivity index (χ4n) is 4.33. The summed E-state index contributed by atoms with van der Waals surface area (Å²) in [5.41, 5.74) is 0.0912. The highest BCUT2D eigenvalue weighted by Crippen LogP contribution is 2.35. The van der Waals surface area contributed by atoms with Crippen LogP contribution in [0.1, 0.15) is 40.1 Å². The zero-order valence-corrected chi connectivity index (χ0v) is 18.5. The summed E-state index contributed by atoms with van der Waals surface area (Å²) < 4.78 is 5.80. The number of piperidine rings is 1. The third-order valence-corrected chi connectivity index (χ3v) is 6.07. The van der Waals surface area contributed by atoms with E-state index in [1.807, 2.05) is 18.2 Å². The molecule has 3 heterocycles. The van der Waals surface area contributed by atoms with E-state index < -0.39 is 5.41 Å². The maximum atomic E-state index is 13.3. The summed E-state index contributed by atoms with van der Waals surface area (Å²) in [7, 11) is 0. The number of benzene rings is 1. The van der Waals surface area contributed by atoms with Crippen LogP contribution in [0.5, 0.6) is 5.75 Å². The predicted molar refractivity (Wildman–Crippen MR) is 123 cm³/mol. The van der Waals surface area contributed by atoms with Crippen molar-refractivity contribution in [3.63, 3.8) is 0 Å². The van der Waals surface area contributed by atoms with Gasteiger partial charge >= 0.3 is 0 Å². The van der Waals surface area contributed by atoms with Crippen LogP contribution in [-0.2, 0) is 4.79 Å². The molecule has 172 valence electrons. The highest BCUT2D eigenvalue weighted by atomic mass is 16.5. The molecule has 1 fully saturated rings. The molecule has 0 aliphatic carbocycles. The van der Waals surface area contributed by atoms with Gasteiger partial charge in [0.2, 0.25) is 5.91 Å². The van der Waals surface area contributed by atoms with E-state index in [0.29, 0.717) is 56.0 Å². The van der Waals surface area contributed by atoms with E-state index in [2.05, 4.69) is 15.6 Å². The molecular formula is C25H28N4O4. The van der Waals surface area contributed by atoms with Gasteiger partial charge in [-0.1, -0.05) is 30.4 Å². The Morgan fingerprint density at radius 2 is 1.85 bits per heavy atom. The summed E-state index contributed by atoms with van der Waals surface area (Å²) in [6.07, 6.45) is 7.27. The first kappa shape index (κ1) is 22.5. The smallest absolute Gasteiger partial charge is 0.272 e. The van der Waals surface area contributed by atoms with Crippen molar-refractivity contribution in [1.29, 1.82) is 0 Å². The Labute approximate surface area is 193 Å². The number of hydrogen-bond donors (Lipinski definition) is 2. The topological polar surface area (TPSA) is 101 Å². The van der Waals surface area contributed by atoms with Crippen LogP contribution in [0.3, 0.4) is 0 Å². The minimum absolute atomic E-state index is 0.113. The second kappa shape index (κ2) is 10.3. The molecule has 1 atom stereocenters. The van der Waals surface area contributed by atoms with E-state index >= 15 is 0 Å². The maximum Gasteiger partial charge on any atom is 0.272 e.